The molecule has 0 saturated carbocycles. The molecule has 0 spiro atoms. The Bertz CT molecular complexity index is 1440. The summed E-state index contributed by atoms with van der Waals surface area (Å²) in [6, 6.07) is 19.8. The fourth-order valence-corrected chi connectivity index (χ4v) is 4.83. The minimum Gasteiger partial charge on any atom is -0.504 e. The lowest BCUT2D eigenvalue weighted by molar-refractivity contribution is 0.413. The predicted molar refractivity (Wildman–Crippen MR) is 120 cm³/mol. The predicted octanol–water partition coefficient (Wildman–Crippen LogP) is 6.51. The van der Waals surface area contributed by atoms with Crippen LogP contribution >= 0.6 is 8.16 Å². The van der Waals surface area contributed by atoms with E-state index in [4.69, 9.17) is 13.1 Å². The van der Waals surface area contributed by atoms with Gasteiger partial charge in [-0.15, -0.1) is 0 Å². The van der Waals surface area contributed by atoms with Crippen LogP contribution in [0.4, 0.5) is 0 Å². The van der Waals surface area contributed by atoms with Crippen molar-refractivity contribution in [1.82, 2.24) is 0 Å². The van der Waals surface area contributed by atoms with Gasteiger partial charge in [-0.1, -0.05) is 48.5 Å². The second kappa shape index (κ2) is 6.73. The number of aromatic hydroxyl groups is 1. The lowest BCUT2D eigenvalue weighted by Gasteiger charge is -2.09. The van der Waals surface area contributed by atoms with Crippen molar-refractivity contribution in [3.63, 3.8) is 0 Å². The number of hydrogen-bond donors (Lipinski definition) is 1. The molecule has 5 rings (SSSR count). The van der Waals surface area contributed by atoms with Gasteiger partial charge in [0.15, 0.2) is 22.7 Å². The first-order chi connectivity index (χ1) is 14.1. The summed E-state index contributed by atoms with van der Waals surface area (Å²) in [7, 11) is 3.93. The number of nitrogens with zero attached hydrogens (tertiary/aromatic N) is 1. The van der Waals surface area contributed by atoms with Crippen LogP contribution in [-0.2, 0) is 0 Å². The van der Waals surface area contributed by atoms with Gasteiger partial charge in [0.2, 0.25) is 0 Å². The highest BCUT2D eigenvalue weighted by atomic mass is 31.1. The number of phenols is 1. The molecule has 0 fully saturated rings. The number of hydrogen-bond acceptors (Lipinski definition) is 5. The quantitative estimate of drug-likeness (QED) is 0.363. The van der Waals surface area contributed by atoms with Crippen LogP contribution < -0.4 is 9.41 Å². The Morgan fingerprint density at radius 2 is 1.38 bits per heavy atom. The van der Waals surface area contributed by atoms with E-state index in [0.29, 0.717) is 16.9 Å². The lowest BCUT2D eigenvalue weighted by atomic mass is 9.98. The van der Waals surface area contributed by atoms with Crippen LogP contribution in [0.15, 0.2) is 69.1 Å². The third-order valence-electron chi connectivity index (χ3n) is 5.08. The van der Waals surface area contributed by atoms with E-state index in [-0.39, 0.29) is 5.75 Å². The average Bonchev–Trinajstić information content (AvgIpc) is 2.92. The first-order valence-electron chi connectivity index (χ1n) is 9.26. The highest BCUT2D eigenvalue weighted by Gasteiger charge is 2.19. The average molecular weight is 405 g/mol. The molecular formula is C23H20NO4P. The van der Waals surface area contributed by atoms with Crippen molar-refractivity contribution in [3.8, 4) is 11.5 Å². The summed E-state index contributed by atoms with van der Waals surface area (Å²) in [6.07, 6.45) is 0. The van der Waals surface area contributed by atoms with Gasteiger partial charge in [-0.25, -0.2) is 4.67 Å². The Morgan fingerprint density at radius 1 is 0.828 bits per heavy atom. The normalized spacial score (nSPS) is 12.3. The molecule has 0 saturated heterocycles. The molecule has 1 atom stereocenters. The smallest absolute Gasteiger partial charge is 0.309 e. The van der Waals surface area contributed by atoms with Crippen LogP contribution in [0.5, 0.6) is 11.5 Å². The number of fused-ring (bicyclic) bond motifs is 7. The fourth-order valence-electron chi connectivity index (χ4n) is 3.79. The van der Waals surface area contributed by atoms with Crippen molar-refractivity contribution in [3.05, 3.63) is 60.7 Å². The van der Waals surface area contributed by atoms with Gasteiger partial charge in [0.1, 0.15) is 0 Å². The van der Waals surface area contributed by atoms with E-state index < -0.39 is 8.16 Å². The number of phenolic OH excluding ortho intramolecular Hbond substituents is 1. The van der Waals surface area contributed by atoms with E-state index in [1.807, 2.05) is 67.3 Å². The van der Waals surface area contributed by atoms with Gasteiger partial charge in [0.25, 0.3) is 0 Å². The maximum Gasteiger partial charge on any atom is 0.309 e. The summed E-state index contributed by atoms with van der Waals surface area (Å²) in [5.41, 5.74) is 1.06. The van der Waals surface area contributed by atoms with Crippen molar-refractivity contribution in [2.75, 3.05) is 25.9 Å². The minimum absolute atomic E-state index is 0.0939. The Kier molecular flexibility index (Phi) is 4.16. The highest BCUT2D eigenvalue weighted by Crippen LogP contribution is 2.46. The molecule has 1 unspecified atom stereocenters. The van der Waals surface area contributed by atoms with Crippen LogP contribution in [0, 0.1) is 0 Å². The van der Waals surface area contributed by atoms with Gasteiger partial charge in [-0.2, -0.15) is 0 Å². The van der Waals surface area contributed by atoms with E-state index in [0.717, 1.165) is 32.3 Å². The molecule has 0 amide bonds. The largest absolute Gasteiger partial charge is 0.504 e. The fraction of sp³-hybridized carbons (Fsp3) is 0.130. The Morgan fingerprint density at radius 3 is 2.00 bits per heavy atom. The standard InChI is InChI=1S/C23H20NO4P/c1-24(2)29-27-22-18(25)12-14-8-4-6-10-16(14)20(22)21-17-11-7-5-9-15(17)13-19(26-3)23(21)28-29/h4-13,25H,1-3H3. The van der Waals surface area contributed by atoms with Crippen molar-refractivity contribution in [2.24, 2.45) is 0 Å². The topological polar surface area (TPSA) is 59.0 Å². The molecule has 5 nitrogen and oxygen atoms in total. The van der Waals surface area contributed by atoms with Crippen LogP contribution in [0.1, 0.15) is 0 Å². The second-order valence-electron chi connectivity index (χ2n) is 7.09. The van der Waals surface area contributed by atoms with Crippen molar-refractivity contribution in [2.45, 2.75) is 0 Å². The zero-order valence-electron chi connectivity index (χ0n) is 16.3. The molecule has 5 aromatic rings. The molecule has 4 aromatic carbocycles. The Hall–Kier alpha value is -3.14. The molecular weight excluding hydrogens is 385 g/mol. The number of rotatable bonds is 2. The molecule has 0 radical (unpaired) electrons. The highest BCUT2D eigenvalue weighted by molar-refractivity contribution is 7.38. The van der Waals surface area contributed by atoms with Crippen LogP contribution in [0.3, 0.4) is 0 Å². The number of ether oxygens (including phenoxy) is 1. The number of methoxy groups -OCH3 is 1. The van der Waals surface area contributed by atoms with E-state index in [1.165, 1.54) is 0 Å². The Balaban J connectivity index is 2.24. The summed E-state index contributed by atoms with van der Waals surface area (Å²) in [5.74, 6) is 0.730. The van der Waals surface area contributed by atoms with Crippen molar-refractivity contribution in [1.29, 1.82) is 0 Å². The minimum atomic E-state index is -1.49. The molecule has 0 bridgehead atoms. The third kappa shape index (κ3) is 2.74. The number of benzene rings is 4. The van der Waals surface area contributed by atoms with Crippen LogP contribution in [-0.4, -0.2) is 26.3 Å². The van der Waals surface area contributed by atoms with E-state index in [1.54, 1.807) is 13.2 Å². The third-order valence-corrected chi connectivity index (χ3v) is 6.42. The molecule has 1 aromatic heterocycles. The van der Waals surface area contributed by atoms with Gasteiger partial charge in [-0.3, -0.25) is 0 Å². The van der Waals surface area contributed by atoms with Crippen LogP contribution in [0.25, 0.3) is 43.5 Å². The maximum atomic E-state index is 10.9. The van der Waals surface area contributed by atoms with Gasteiger partial charge in [0, 0.05) is 24.9 Å². The van der Waals surface area contributed by atoms with Gasteiger partial charge in [-0.05, 0) is 33.7 Å². The molecule has 0 aliphatic heterocycles. The first kappa shape index (κ1) is 17.9. The molecule has 0 aliphatic rings. The SMILES string of the molecule is COc1cc2ccccc2c2c1op(N(C)C)oc1c(O)cc3ccccc3c12. The molecule has 1 heterocycles. The van der Waals surface area contributed by atoms with Gasteiger partial charge in [0.05, 0.1) is 7.11 Å². The molecule has 146 valence electrons. The van der Waals surface area contributed by atoms with Crippen molar-refractivity contribution < 1.29 is 18.2 Å². The summed E-state index contributed by atoms with van der Waals surface area (Å²) >= 11 is 0. The maximum absolute atomic E-state index is 10.9. The monoisotopic (exact) mass is 405 g/mol. The summed E-state index contributed by atoms with van der Waals surface area (Å²) < 4.78 is 20.2. The van der Waals surface area contributed by atoms with E-state index in [9.17, 15) is 5.11 Å². The second-order valence-corrected chi connectivity index (χ2v) is 8.73. The zero-order chi connectivity index (χ0) is 20.1. The molecule has 0 aliphatic carbocycles. The van der Waals surface area contributed by atoms with Crippen LogP contribution in [0.2, 0.25) is 0 Å². The molecule has 6 heteroatoms. The Labute approximate surface area is 168 Å². The van der Waals surface area contributed by atoms with E-state index >= 15 is 0 Å². The van der Waals surface area contributed by atoms with Gasteiger partial charge < -0.3 is 18.2 Å². The molecule has 1 N–H and O–H groups in total. The molecule has 29 heavy (non-hydrogen) atoms. The summed E-state index contributed by atoms with van der Waals surface area (Å²) in [5, 5.41) is 16.5. The summed E-state index contributed by atoms with van der Waals surface area (Å²) in [4.78, 5) is 0. The van der Waals surface area contributed by atoms with Crippen molar-refractivity contribution >= 4 is 51.6 Å². The lowest BCUT2D eigenvalue weighted by Crippen LogP contribution is -2.02. The first-order valence-corrected chi connectivity index (χ1v) is 10.4. The van der Waals surface area contributed by atoms with Gasteiger partial charge >= 0.3 is 8.16 Å². The zero-order valence-corrected chi connectivity index (χ0v) is 17.2. The summed E-state index contributed by atoms with van der Waals surface area (Å²) in [6.45, 7) is 0. The van der Waals surface area contributed by atoms with E-state index in [2.05, 4.69) is 6.07 Å².